The Bertz CT molecular complexity index is 457. The molecule has 0 spiro atoms. The maximum Gasteiger partial charge on any atom is 0.126 e. The fourth-order valence-electron chi connectivity index (χ4n) is 1.52. The predicted molar refractivity (Wildman–Crippen MR) is 56.8 cm³/mol. The number of rotatable bonds is 2. The van der Waals surface area contributed by atoms with Gasteiger partial charge in [-0.3, -0.25) is 4.68 Å². The van der Waals surface area contributed by atoms with E-state index in [0.717, 1.165) is 5.69 Å². The molecule has 0 amide bonds. The molecule has 0 aliphatic heterocycles. The molecule has 1 aromatic heterocycles. The van der Waals surface area contributed by atoms with Crippen LogP contribution in [0.25, 0.3) is 0 Å². The zero-order valence-electron chi connectivity index (χ0n) is 8.44. The van der Waals surface area contributed by atoms with E-state index in [1.807, 2.05) is 6.07 Å². The Morgan fingerprint density at radius 2 is 2.13 bits per heavy atom. The second-order valence-electron chi connectivity index (χ2n) is 3.44. The monoisotopic (exact) mass is 205 g/mol. The summed E-state index contributed by atoms with van der Waals surface area (Å²) in [6.07, 6.45) is 2.05. The van der Waals surface area contributed by atoms with Crippen LogP contribution in [-0.4, -0.2) is 9.78 Å². The third-order valence-corrected chi connectivity index (χ3v) is 2.41. The Morgan fingerprint density at radius 1 is 1.40 bits per heavy atom. The first-order valence-corrected chi connectivity index (χ1v) is 4.68. The van der Waals surface area contributed by atoms with Gasteiger partial charge in [-0.2, -0.15) is 5.10 Å². The maximum atomic E-state index is 13.4. The van der Waals surface area contributed by atoms with Crippen molar-refractivity contribution in [2.24, 2.45) is 7.05 Å². The zero-order chi connectivity index (χ0) is 10.8. The minimum Gasteiger partial charge on any atom is -0.396 e. The van der Waals surface area contributed by atoms with Gasteiger partial charge < -0.3 is 5.73 Å². The van der Waals surface area contributed by atoms with Gasteiger partial charge in [0.15, 0.2) is 0 Å². The van der Waals surface area contributed by atoms with E-state index in [0.29, 0.717) is 17.7 Å². The second-order valence-corrected chi connectivity index (χ2v) is 3.44. The highest BCUT2D eigenvalue weighted by Gasteiger charge is 2.08. The Balaban J connectivity index is 2.34. The molecule has 0 saturated carbocycles. The molecule has 0 bridgehead atoms. The molecule has 2 N–H and O–H groups in total. The summed E-state index contributed by atoms with van der Waals surface area (Å²) >= 11 is 0. The summed E-state index contributed by atoms with van der Waals surface area (Å²) in [5.41, 5.74) is 7.80. The lowest BCUT2D eigenvalue weighted by atomic mass is 10.1. The highest BCUT2D eigenvalue weighted by molar-refractivity contribution is 5.43. The first-order valence-electron chi connectivity index (χ1n) is 4.68. The van der Waals surface area contributed by atoms with E-state index in [1.54, 1.807) is 30.1 Å². The predicted octanol–water partition coefficient (Wildman–Crippen LogP) is 1.73. The van der Waals surface area contributed by atoms with Crippen LogP contribution in [0.2, 0.25) is 0 Å². The van der Waals surface area contributed by atoms with Crippen molar-refractivity contribution in [3.63, 3.8) is 0 Å². The quantitative estimate of drug-likeness (QED) is 0.811. The van der Waals surface area contributed by atoms with Gasteiger partial charge in [0.25, 0.3) is 0 Å². The standard InChI is InChI=1S/C11H12FN3/c1-15-11(10(13)7-14-15)6-8-4-2-3-5-9(8)12/h2-5,7H,6,13H2,1H3. The van der Waals surface area contributed by atoms with Crippen LogP contribution in [0.3, 0.4) is 0 Å². The van der Waals surface area contributed by atoms with Crippen LogP contribution in [0.15, 0.2) is 30.5 Å². The van der Waals surface area contributed by atoms with Crippen LogP contribution in [0.5, 0.6) is 0 Å². The first kappa shape index (κ1) is 9.71. The molecule has 1 heterocycles. The minimum atomic E-state index is -0.210. The number of nitrogen functional groups attached to an aromatic ring is 1. The fourth-order valence-corrected chi connectivity index (χ4v) is 1.52. The van der Waals surface area contributed by atoms with Crippen LogP contribution >= 0.6 is 0 Å². The molecular weight excluding hydrogens is 193 g/mol. The van der Waals surface area contributed by atoms with Gasteiger partial charge in [0.1, 0.15) is 5.82 Å². The molecule has 0 atom stereocenters. The van der Waals surface area contributed by atoms with Crippen LogP contribution in [0, 0.1) is 5.82 Å². The smallest absolute Gasteiger partial charge is 0.126 e. The largest absolute Gasteiger partial charge is 0.396 e. The van der Waals surface area contributed by atoms with E-state index in [4.69, 9.17) is 5.73 Å². The molecule has 4 heteroatoms. The van der Waals surface area contributed by atoms with E-state index >= 15 is 0 Å². The van der Waals surface area contributed by atoms with Gasteiger partial charge in [-0.15, -0.1) is 0 Å². The SMILES string of the molecule is Cn1ncc(N)c1Cc1ccccc1F. The van der Waals surface area contributed by atoms with Gasteiger partial charge in [0, 0.05) is 13.5 Å². The first-order chi connectivity index (χ1) is 7.18. The number of hydrogen-bond donors (Lipinski definition) is 1. The van der Waals surface area contributed by atoms with Crippen molar-refractivity contribution >= 4 is 5.69 Å². The Labute approximate surface area is 87.3 Å². The highest BCUT2D eigenvalue weighted by atomic mass is 19.1. The summed E-state index contributed by atoms with van der Waals surface area (Å²) in [4.78, 5) is 0. The normalized spacial score (nSPS) is 10.5. The average Bonchev–Trinajstić information content (AvgIpc) is 2.53. The molecule has 1 aromatic carbocycles. The molecule has 3 nitrogen and oxygen atoms in total. The number of hydrogen-bond acceptors (Lipinski definition) is 2. The van der Waals surface area contributed by atoms with Gasteiger partial charge in [-0.1, -0.05) is 18.2 Å². The Morgan fingerprint density at radius 3 is 2.73 bits per heavy atom. The molecular formula is C11H12FN3. The summed E-state index contributed by atoms with van der Waals surface area (Å²) in [5, 5.41) is 4.01. The highest BCUT2D eigenvalue weighted by Crippen LogP contribution is 2.17. The Kier molecular flexibility index (Phi) is 2.41. The Hall–Kier alpha value is -1.84. The topological polar surface area (TPSA) is 43.8 Å². The van der Waals surface area contributed by atoms with E-state index in [2.05, 4.69) is 5.10 Å². The third kappa shape index (κ3) is 1.83. The summed E-state index contributed by atoms with van der Waals surface area (Å²) < 4.78 is 15.0. The van der Waals surface area contributed by atoms with Crippen LogP contribution in [0.1, 0.15) is 11.3 Å². The second kappa shape index (κ2) is 3.73. The summed E-state index contributed by atoms with van der Waals surface area (Å²) in [5.74, 6) is -0.210. The fraction of sp³-hybridized carbons (Fsp3) is 0.182. The van der Waals surface area contributed by atoms with Gasteiger partial charge in [-0.05, 0) is 11.6 Å². The lowest BCUT2D eigenvalue weighted by Gasteiger charge is -2.04. The van der Waals surface area contributed by atoms with E-state index in [9.17, 15) is 4.39 Å². The van der Waals surface area contributed by atoms with Gasteiger partial charge in [-0.25, -0.2) is 4.39 Å². The van der Waals surface area contributed by atoms with E-state index in [-0.39, 0.29) is 5.82 Å². The maximum absolute atomic E-state index is 13.4. The number of aromatic nitrogens is 2. The van der Waals surface area contributed by atoms with Gasteiger partial charge >= 0.3 is 0 Å². The molecule has 0 unspecified atom stereocenters. The molecule has 78 valence electrons. The number of aryl methyl sites for hydroxylation is 1. The van der Waals surface area contributed by atoms with E-state index in [1.165, 1.54) is 6.07 Å². The summed E-state index contributed by atoms with van der Waals surface area (Å²) in [6.45, 7) is 0. The molecule has 15 heavy (non-hydrogen) atoms. The molecule has 0 saturated heterocycles. The van der Waals surface area contributed by atoms with E-state index < -0.39 is 0 Å². The number of benzene rings is 1. The van der Waals surface area contributed by atoms with Crippen molar-refractivity contribution < 1.29 is 4.39 Å². The number of nitrogens with two attached hydrogens (primary N) is 1. The van der Waals surface area contributed by atoms with Crippen molar-refractivity contribution in [2.75, 3.05) is 5.73 Å². The van der Waals surface area contributed by atoms with Crippen molar-refractivity contribution in [3.8, 4) is 0 Å². The average molecular weight is 205 g/mol. The van der Waals surface area contributed by atoms with Crippen molar-refractivity contribution in [1.29, 1.82) is 0 Å². The number of halogens is 1. The zero-order valence-corrected chi connectivity index (χ0v) is 8.44. The van der Waals surface area contributed by atoms with Crippen molar-refractivity contribution in [2.45, 2.75) is 6.42 Å². The molecule has 0 aliphatic carbocycles. The van der Waals surface area contributed by atoms with Gasteiger partial charge in [0.05, 0.1) is 17.6 Å². The minimum absolute atomic E-state index is 0.210. The summed E-state index contributed by atoms with van der Waals surface area (Å²) in [6, 6.07) is 6.68. The van der Waals surface area contributed by atoms with Gasteiger partial charge in [0.2, 0.25) is 0 Å². The van der Waals surface area contributed by atoms with Crippen LogP contribution in [-0.2, 0) is 13.5 Å². The molecule has 2 rings (SSSR count). The molecule has 0 aliphatic rings. The molecule has 2 aromatic rings. The van der Waals surface area contributed by atoms with Crippen LogP contribution in [0.4, 0.5) is 10.1 Å². The third-order valence-electron chi connectivity index (χ3n) is 2.41. The van der Waals surface area contributed by atoms with Crippen molar-refractivity contribution in [1.82, 2.24) is 9.78 Å². The number of nitrogens with zero attached hydrogens (tertiary/aromatic N) is 2. The van der Waals surface area contributed by atoms with Crippen LogP contribution < -0.4 is 5.73 Å². The summed E-state index contributed by atoms with van der Waals surface area (Å²) in [7, 11) is 1.80. The lowest BCUT2D eigenvalue weighted by Crippen LogP contribution is -2.03. The molecule has 0 radical (unpaired) electrons. The lowest BCUT2D eigenvalue weighted by molar-refractivity contribution is 0.609. The number of anilines is 1. The van der Waals surface area contributed by atoms with Crippen molar-refractivity contribution in [3.05, 3.63) is 47.5 Å². The molecule has 0 fully saturated rings.